The number of esters is 1. The summed E-state index contributed by atoms with van der Waals surface area (Å²) in [6.07, 6.45) is 1.89. The van der Waals surface area contributed by atoms with Crippen molar-refractivity contribution in [2.45, 2.75) is 34.1 Å². The van der Waals surface area contributed by atoms with Gasteiger partial charge in [-0.15, -0.1) is 0 Å². The summed E-state index contributed by atoms with van der Waals surface area (Å²) in [5.74, 6) is 0.257. The molecule has 1 aliphatic rings. The van der Waals surface area contributed by atoms with Crippen LogP contribution in [0.1, 0.15) is 30.0 Å². The lowest BCUT2D eigenvalue weighted by Gasteiger charge is -2.12. The van der Waals surface area contributed by atoms with Gasteiger partial charge in [-0.05, 0) is 74.7 Å². The van der Waals surface area contributed by atoms with Crippen LogP contribution in [0.3, 0.4) is 0 Å². The van der Waals surface area contributed by atoms with Gasteiger partial charge in [0.05, 0.1) is 48.0 Å². The summed E-state index contributed by atoms with van der Waals surface area (Å²) in [5, 5.41) is 6.85. The monoisotopic (exact) mass is 467 g/mol. The largest absolute Gasteiger partial charge is 0.495 e. The molecular weight excluding hydrogens is 438 g/mol. The van der Waals surface area contributed by atoms with Crippen LogP contribution in [0.25, 0.3) is 0 Å². The first-order valence-corrected chi connectivity index (χ1v) is 11.7. The number of aryl methyl sites for hydroxylation is 3. The number of aliphatic imine (C=N–C) groups is 1. The summed E-state index contributed by atoms with van der Waals surface area (Å²) < 4.78 is 10.4. The Kier molecular flexibility index (Phi) is 8.16. The van der Waals surface area contributed by atoms with Crippen molar-refractivity contribution in [3.05, 3.63) is 58.8 Å². The van der Waals surface area contributed by atoms with Gasteiger partial charge >= 0.3 is 5.97 Å². The molecule has 2 aromatic carbocycles. The molecular formula is C25H29N3O4S. The fraction of sp³-hybridized carbons (Fsp3) is 0.320. The molecule has 0 saturated carbocycles. The molecule has 1 heterocycles. The molecule has 0 spiro atoms. The number of carbonyl (C=O) groups excluding carboxylic acids is 2. The highest BCUT2D eigenvalue weighted by molar-refractivity contribution is 8.14. The van der Waals surface area contributed by atoms with Gasteiger partial charge in [0.1, 0.15) is 5.75 Å². The number of amides is 1. The second-order valence-electron chi connectivity index (χ2n) is 7.72. The van der Waals surface area contributed by atoms with Gasteiger partial charge in [0.2, 0.25) is 5.91 Å². The second-order valence-corrected chi connectivity index (χ2v) is 8.72. The first-order valence-electron chi connectivity index (χ1n) is 10.7. The van der Waals surface area contributed by atoms with E-state index in [9.17, 15) is 9.59 Å². The maximum Gasteiger partial charge on any atom is 0.311 e. The lowest BCUT2D eigenvalue weighted by molar-refractivity contribution is -0.142. The van der Waals surface area contributed by atoms with E-state index in [0.29, 0.717) is 28.8 Å². The third-order valence-electron chi connectivity index (χ3n) is 5.06. The summed E-state index contributed by atoms with van der Waals surface area (Å²) >= 11 is 1.30. The number of anilines is 2. The molecule has 2 N–H and O–H groups in total. The quantitative estimate of drug-likeness (QED) is 0.538. The number of thioether (sulfide) groups is 1. The Bertz CT molecular complexity index is 1120. The number of fused-ring (bicyclic) bond motifs is 1. The number of nitrogens with zero attached hydrogens (tertiary/aromatic N) is 1. The SMILES string of the molecule is CCOC(=O)CC1=CC(SCC(=O)Nc2cc(C)ccc2OC)=Nc2cc(C)c(C)cc2N1. The molecule has 1 aliphatic heterocycles. The number of hydrogen-bond acceptors (Lipinski definition) is 7. The molecule has 0 unspecified atom stereocenters. The van der Waals surface area contributed by atoms with Crippen LogP contribution in [0.5, 0.6) is 5.75 Å². The Morgan fingerprint density at radius 1 is 1.12 bits per heavy atom. The molecule has 0 saturated heterocycles. The van der Waals surface area contributed by atoms with Gasteiger partial charge in [0.25, 0.3) is 0 Å². The van der Waals surface area contributed by atoms with Crippen molar-refractivity contribution in [3.8, 4) is 5.75 Å². The predicted octanol–water partition coefficient (Wildman–Crippen LogP) is 5.28. The molecule has 0 atom stereocenters. The number of nitrogens with one attached hydrogen (secondary N) is 2. The van der Waals surface area contributed by atoms with E-state index in [4.69, 9.17) is 14.5 Å². The Balaban J connectivity index is 1.80. The average Bonchev–Trinajstić information content (AvgIpc) is 2.91. The number of rotatable bonds is 7. The van der Waals surface area contributed by atoms with Crippen LogP contribution in [-0.4, -0.2) is 36.4 Å². The maximum absolute atomic E-state index is 12.7. The number of methoxy groups -OCH3 is 1. The van der Waals surface area contributed by atoms with E-state index in [0.717, 1.165) is 28.1 Å². The summed E-state index contributed by atoms with van der Waals surface area (Å²) in [6, 6.07) is 9.63. The summed E-state index contributed by atoms with van der Waals surface area (Å²) in [4.78, 5) is 29.5. The number of benzene rings is 2. The van der Waals surface area contributed by atoms with Gasteiger partial charge in [-0.2, -0.15) is 0 Å². The Labute approximate surface area is 198 Å². The normalized spacial score (nSPS) is 12.5. The molecule has 0 aromatic heterocycles. The topological polar surface area (TPSA) is 89.0 Å². The zero-order valence-electron chi connectivity index (χ0n) is 19.6. The molecule has 7 nitrogen and oxygen atoms in total. The van der Waals surface area contributed by atoms with E-state index in [1.807, 2.05) is 51.1 Å². The molecule has 0 fully saturated rings. The first kappa shape index (κ1) is 24.4. The van der Waals surface area contributed by atoms with Crippen molar-refractivity contribution < 1.29 is 19.1 Å². The van der Waals surface area contributed by atoms with Crippen molar-refractivity contribution in [1.82, 2.24) is 0 Å². The molecule has 1 amide bonds. The predicted molar refractivity (Wildman–Crippen MR) is 135 cm³/mol. The summed E-state index contributed by atoms with van der Waals surface area (Å²) in [6.45, 7) is 8.10. The van der Waals surface area contributed by atoms with E-state index >= 15 is 0 Å². The van der Waals surface area contributed by atoms with Crippen LogP contribution >= 0.6 is 11.8 Å². The van der Waals surface area contributed by atoms with E-state index in [1.54, 1.807) is 20.1 Å². The first-order chi connectivity index (χ1) is 15.8. The van der Waals surface area contributed by atoms with Gasteiger partial charge < -0.3 is 20.1 Å². The maximum atomic E-state index is 12.7. The van der Waals surface area contributed by atoms with Crippen LogP contribution in [0.15, 0.2) is 47.1 Å². The minimum atomic E-state index is -0.322. The third kappa shape index (κ3) is 6.61. The smallest absolute Gasteiger partial charge is 0.311 e. The van der Waals surface area contributed by atoms with Crippen LogP contribution in [0.2, 0.25) is 0 Å². The zero-order valence-corrected chi connectivity index (χ0v) is 20.4. The van der Waals surface area contributed by atoms with E-state index < -0.39 is 0 Å². The molecule has 2 aromatic rings. The van der Waals surface area contributed by atoms with Crippen LogP contribution in [-0.2, 0) is 14.3 Å². The van der Waals surface area contributed by atoms with Gasteiger partial charge in [-0.25, -0.2) is 4.99 Å². The van der Waals surface area contributed by atoms with Crippen molar-refractivity contribution >= 4 is 45.7 Å². The minimum absolute atomic E-state index is 0.0898. The van der Waals surface area contributed by atoms with Gasteiger partial charge in [0, 0.05) is 5.70 Å². The molecule has 33 heavy (non-hydrogen) atoms. The second kappa shape index (κ2) is 11.0. The minimum Gasteiger partial charge on any atom is -0.495 e. The number of ether oxygens (including phenoxy) is 2. The number of hydrogen-bond donors (Lipinski definition) is 2. The summed E-state index contributed by atoms with van der Waals surface area (Å²) in [5.41, 5.74) is 6.13. The molecule has 0 aliphatic carbocycles. The van der Waals surface area contributed by atoms with E-state index in [-0.39, 0.29) is 24.1 Å². The fourth-order valence-electron chi connectivity index (χ4n) is 3.28. The lowest BCUT2D eigenvalue weighted by Crippen LogP contribution is -2.16. The Hall–Kier alpha value is -3.26. The molecule has 0 bridgehead atoms. The fourth-order valence-corrected chi connectivity index (χ4v) is 4.02. The van der Waals surface area contributed by atoms with Crippen LogP contribution in [0, 0.1) is 20.8 Å². The van der Waals surface area contributed by atoms with Crippen LogP contribution in [0.4, 0.5) is 17.1 Å². The van der Waals surface area contributed by atoms with Gasteiger partial charge in [-0.1, -0.05) is 17.8 Å². The average molecular weight is 468 g/mol. The highest BCUT2D eigenvalue weighted by Gasteiger charge is 2.17. The van der Waals surface area contributed by atoms with Gasteiger partial charge in [-0.3, -0.25) is 9.59 Å². The van der Waals surface area contributed by atoms with Crippen molar-refractivity contribution in [1.29, 1.82) is 0 Å². The Morgan fingerprint density at radius 2 is 1.88 bits per heavy atom. The van der Waals surface area contributed by atoms with Crippen molar-refractivity contribution in [2.24, 2.45) is 4.99 Å². The van der Waals surface area contributed by atoms with Crippen molar-refractivity contribution in [2.75, 3.05) is 30.1 Å². The number of carbonyl (C=O) groups is 2. The molecule has 0 radical (unpaired) electrons. The highest BCUT2D eigenvalue weighted by atomic mass is 32.2. The zero-order chi connectivity index (χ0) is 24.0. The van der Waals surface area contributed by atoms with Crippen LogP contribution < -0.4 is 15.4 Å². The lowest BCUT2D eigenvalue weighted by atomic mass is 10.1. The van der Waals surface area contributed by atoms with E-state index in [2.05, 4.69) is 10.6 Å². The standard InChI is InChI=1S/C25H29N3O4S/c1-6-32-25(30)13-18-12-24(28-20-11-17(4)16(3)10-19(20)26-18)33-14-23(29)27-21-9-15(2)7-8-22(21)31-5/h7-12,26H,6,13-14H2,1-5H3,(H,27,29). The van der Waals surface area contributed by atoms with Gasteiger partial charge in [0.15, 0.2) is 0 Å². The van der Waals surface area contributed by atoms with E-state index in [1.165, 1.54) is 11.8 Å². The summed E-state index contributed by atoms with van der Waals surface area (Å²) in [7, 11) is 1.57. The van der Waals surface area contributed by atoms with Crippen molar-refractivity contribution in [3.63, 3.8) is 0 Å². The molecule has 174 valence electrons. The molecule has 3 rings (SSSR count). The Morgan fingerprint density at radius 3 is 2.61 bits per heavy atom. The highest BCUT2D eigenvalue weighted by Crippen LogP contribution is 2.34. The molecule has 8 heteroatoms. The third-order valence-corrected chi connectivity index (χ3v) is 5.97.